The number of amides is 1. The van der Waals surface area contributed by atoms with Crippen LogP contribution in [0.1, 0.15) is 58.3 Å². The molecule has 0 heterocycles. The lowest BCUT2D eigenvalue weighted by molar-refractivity contribution is -0.124. The van der Waals surface area contributed by atoms with E-state index in [1.165, 1.54) is 45.2 Å². The molecule has 0 aliphatic heterocycles. The van der Waals surface area contributed by atoms with Crippen LogP contribution in [-0.2, 0) is 4.79 Å². The molecule has 0 radical (unpaired) electrons. The smallest absolute Gasteiger partial charge is 0.237 e. The van der Waals surface area contributed by atoms with Gasteiger partial charge in [0.25, 0.3) is 0 Å². The third-order valence-corrected chi connectivity index (χ3v) is 5.23. The molecule has 3 N–H and O–H groups in total. The first-order valence-electron chi connectivity index (χ1n) is 8.44. The summed E-state index contributed by atoms with van der Waals surface area (Å²) >= 11 is 0. The molecule has 0 aromatic carbocycles. The maximum atomic E-state index is 12.0. The quantitative estimate of drug-likeness (QED) is 0.710. The van der Waals surface area contributed by atoms with E-state index in [1.54, 1.807) is 0 Å². The van der Waals surface area contributed by atoms with Crippen molar-refractivity contribution in [2.45, 2.75) is 75.9 Å². The van der Waals surface area contributed by atoms with Crippen LogP contribution in [0, 0.1) is 5.92 Å². The van der Waals surface area contributed by atoms with Crippen molar-refractivity contribution in [3.63, 3.8) is 0 Å². The summed E-state index contributed by atoms with van der Waals surface area (Å²) in [6.45, 7) is 4.65. The van der Waals surface area contributed by atoms with Gasteiger partial charge in [-0.25, -0.2) is 0 Å². The molecule has 0 bridgehead atoms. The predicted octanol–water partition coefficient (Wildman–Crippen LogP) is 1.64. The van der Waals surface area contributed by atoms with Crippen molar-refractivity contribution in [3.05, 3.63) is 0 Å². The van der Waals surface area contributed by atoms with Crippen molar-refractivity contribution in [1.82, 2.24) is 10.2 Å². The van der Waals surface area contributed by atoms with Crippen molar-refractivity contribution in [1.29, 1.82) is 0 Å². The zero-order chi connectivity index (χ0) is 14.2. The van der Waals surface area contributed by atoms with Crippen LogP contribution in [0.4, 0.5) is 0 Å². The third kappa shape index (κ3) is 3.17. The third-order valence-electron chi connectivity index (χ3n) is 5.23. The summed E-state index contributed by atoms with van der Waals surface area (Å²) in [6, 6.07) is 1.10. The fourth-order valence-electron chi connectivity index (χ4n) is 3.72. The number of primary amides is 1. The van der Waals surface area contributed by atoms with E-state index in [9.17, 15) is 4.79 Å². The van der Waals surface area contributed by atoms with E-state index in [2.05, 4.69) is 17.1 Å². The number of carbonyl (C=O) groups is 1. The summed E-state index contributed by atoms with van der Waals surface area (Å²) in [4.78, 5) is 14.6. The molecule has 1 amide bonds. The Morgan fingerprint density at radius 2 is 2.05 bits per heavy atom. The Bertz CT molecular complexity index is 365. The summed E-state index contributed by atoms with van der Waals surface area (Å²) in [5, 5.41) is 3.56. The summed E-state index contributed by atoms with van der Waals surface area (Å²) in [5.74, 6) is 0.788. The second kappa shape index (κ2) is 5.64. The Hall–Kier alpha value is -0.610. The van der Waals surface area contributed by atoms with Crippen LogP contribution >= 0.6 is 0 Å². The van der Waals surface area contributed by atoms with Gasteiger partial charge in [-0.1, -0.05) is 6.92 Å². The molecule has 3 fully saturated rings. The van der Waals surface area contributed by atoms with E-state index < -0.39 is 5.54 Å². The van der Waals surface area contributed by atoms with Gasteiger partial charge in [-0.05, 0) is 63.8 Å². The highest BCUT2D eigenvalue weighted by Crippen LogP contribution is 2.38. The van der Waals surface area contributed by atoms with Crippen LogP contribution in [0.2, 0.25) is 0 Å². The van der Waals surface area contributed by atoms with Crippen LogP contribution < -0.4 is 11.1 Å². The SMILES string of the molecule is CCCN(CC1CC1)C1CCC(NC2CC2)(C(N)=O)C1. The van der Waals surface area contributed by atoms with E-state index in [-0.39, 0.29) is 5.91 Å². The second-order valence-electron chi connectivity index (χ2n) is 7.20. The first-order chi connectivity index (χ1) is 9.63. The summed E-state index contributed by atoms with van der Waals surface area (Å²) in [6.07, 6.45) is 9.38. The summed E-state index contributed by atoms with van der Waals surface area (Å²) < 4.78 is 0. The molecule has 0 aromatic rings. The molecule has 0 saturated heterocycles. The maximum absolute atomic E-state index is 12.0. The van der Waals surface area contributed by atoms with Crippen molar-refractivity contribution < 1.29 is 4.79 Å². The topological polar surface area (TPSA) is 58.4 Å². The van der Waals surface area contributed by atoms with Gasteiger partial charge in [0.05, 0.1) is 5.54 Å². The van der Waals surface area contributed by atoms with Gasteiger partial charge in [-0.3, -0.25) is 4.79 Å². The monoisotopic (exact) mass is 279 g/mol. The molecule has 114 valence electrons. The van der Waals surface area contributed by atoms with Gasteiger partial charge in [-0.2, -0.15) is 0 Å². The highest BCUT2D eigenvalue weighted by atomic mass is 16.1. The van der Waals surface area contributed by atoms with Gasteiger partial charge in [0.2, 0.25) is 5.91 Å². The Labute approximate surface area is 122 Å². The highest BCUT2D eigenvalue weighted by molar-refractivity contribution is 5.85. The zero-order valence-electron chi connectivity index (χ0n) is 12.7. The van der Waals surface area contributed by atoms with Crippen molar-refractivity contribution >= 4 is 5.91 Å². The number of hydrogen-bond acceptors (Lipinski definition) is 3. The molecule has 2 unspecified atom stereocenters. The Morgan fingerprint density at radius 3 is 2.60 bits per heavy atom. The largest absolute Gasteiger partial charge is 0.368 e. The zero-order valence-corrected chi connectivity index (χ0v) is 12.7. The van der Waals surface area contributed by atoms with Gasteiger partial charge in [0.1, 0.15) is 0 Å². The van der Waals surface area contributed by atoms with Gasteiger partial charge in [-0.15, -0.1) is 0 Å². The lowest BCUT2D eigenvalue weighted by Gasteiger charge is -2.32. The molecule has 0 aromatic heterocycles. The molecule has 3 rings (SSSR count). The van der Waals surface area contributed by atoms with E-state index in [0.29, 0.717) is 12.1 Å². The molecule has 4 heteroatoms. The van der Waals surface area contributed by atoms with E-state index in [0.717, 1.165) is 25.2 Å². The molecular formula is C16H29N3O. The van der Waals surface area contributed by atoms with Crippen LogP contribution in [-0.4, -0.2) is 41.5 Å². The van der Waals surface area contributed by atoms with Crippen LogP contribution in [0.25, 0.3) is 0 Å². The molecule has 20 heavy (non-hydrogen) atoms. The molecule has 3 aliphatic rings. The molecule has 0 spiro atoms. The average molecular weight is 279 g/mol. The minimum absolute atomic E-state index is 0.130. The van der Waals surface area contributed by atoms with E-state index >= 15 is 0 Å². The lowest BCUT2D eigenvalue weighted by Crippen LogP contribution is -2.55. The van der Waals surface area contributed by atoms with Crippen LogP contribution in [0.3, 0.4) is 0 Å². The molecule has 3 aliphatic carbocycles. The van der Waals surface area contributed by atoms with Crippen molar-refractivity contribution in [2.75, 3.05) is 13.1 Å². The van der Waals surface area contributed by atoms with E-state index in [1.807, 2.05) is 0 Å². The first kappa shape index (κ1) is 14.3. The minimum atomic E-state index is -0.415. The van der Waals surface area contributed by atoms with Gasteiger partial charge >= 0.3 is 0 Å². The fourth-order valence-corrected chi connectivity index (χ4v) is 3.72. The second-order valence-corrected chi connectivity index (χ2v) is 7.20. The Kier molecular flexibility index (Phi) is 4.04. The number of nitrogens with one attached hydrogen (secondary N) is 1. The maximum Gasteiger partial charge on any atom is 0.237 e. The van der Waals surface area contributed by atoms with Gasteiger partial charge in [0, 0.05) is 18.6 Å². The Morgan fingerprint density at radius 1 is 1.30 bits per heavy atom. The fraction of sp³-hybridized carbons (Fsp3) is 0.938. The molecule has 4 nitrogen and oxygen atoms in total. The lowest BCUT2D eigenvalue weighted by atomic mass is 9.95. The average Bonchev–Trinajstić information content (AvgIpc) is 3.31. The van der Waals surface area contributed by atoms with Crippen molar-refractivity contribution in [2.24, 2.45) is 11.7 Å². The number of hydrogen-bond donors (Lipinski definition) is 2. The van der Waals surface area contributed by atoms with Crippen LogP contribution in [0.5, 0.6) is 0 Å². The minimum Gasteiger partial charge on any atom is -0.368 e. The highest BCUT2D eigenvalue weighted by Gasteiger charge is 2.48. The molecule has 3 saturated carbocycles. The van der Waals surface area contributed by atoms with Crippen molar-refractivity contribution in [3.8, 4) is 0 Å². The Balaban J connectivity index is 1.63. The number of rotatable bonds is 8. The number of carbonyl (C=O) groups excluding carboxylic acids is 1. The molecule has 2 atom stereocenters. The summed E-state index contributed by atoms with van der Waals surface area (Å²) in [7, 11) is 0. The van der Waals surface area contributed by atoms with Crippen LogP contribution in [0.15, 0.2) is 0 Å². The summed E-state index contributed by atoms with van der Waals surface area (Å²) in [5.41, 5.74) is 5.32. The normalized spacial score (nSPS) is 33.8. The first-order valence-corrected chi connectivity index (χ1v) is 8.44. The van der Waals surface area contributed by atoms with Gasteiger partial charge in [0.15, 0.2) is 0 Å². The van der Waals surface area contributed by atoms with E-state index in [4.69, 9.17) is 5.73 Å². The number of nitrogens with two attached hydrogens (primary N) is 1. The molecular weight excluding hydrogens is 250 g/mol. The number of nitrogens with zero attached hydrogens (tertiary/aromatic N) is 1. The van der Waals surface area contributed by atoms with Gasteiger partial charge < -0.3 is 16.0 Å². The standard InChI is InChI=1S/C16H29N3O/c1-2-9-19(11-12-3-4-12)14-7-8-16(10-14,15(17)20)18-13-5-6-13/h12-14,18H,2-11H2,1H3,(H2,17,20). The predicted molar refractivity (Wildman–Crippen MR) is 80.3 cm³/mol.